The Morgan fingerprint density at radius 2 is 1.21 bits per heavy atom. The summed E-state index contributed by atoms with van der Waals surface area (Å²) >= 11 is 0. The zero-order chi connectivity index (χ0) is 18.2. The normalized spacial score (nSPS) is 13.5. The van der Waals surface area contributed by atoms with Crippen molar-refractivity contribution < 1.29 is 53.9 Å². The maximum atomic E-state index is 9.60. The maximum absolute atomic E-state index is 9.60. The van der Waals surface area contributed by atoms with Gasteiger partial charge in [-0.1, -0.05) is 46.3 Å². The fourth-order valence-corrected chi connectivity index (χ4v) is 1.41. The van der Waals surface area contributed by atoms with Gasteiger partial charge < -0.3 is 22.6 Å². The Labute approximate surface area is 166 Å². The van der Waals surface area contributed by atoms with Crippen molar-refractivity contribution in [2.45, 2.75) is 48.5 Å². The van der Waals surface area contributed by atoms with Gasteiger partial charge in [-0.15, -0.1) is 6.92 Å². The van der Waals surface area contributed by atoms with E-state index in [0.717, 1.165) is 0 Å². The molecule has 24 heavy (non-hydrogen) atoms. The first-order chi connectivity index (χ1) is 9.73. The van der Waals surface area contributed by atoms with E-state index in [9.17, 15) is 9.59 Å². The minimum Gasteiger partial charge on any atom is -1.00 e. The third-order valence-corrected chi connectivity index (χ3v) is 3.29. The molecule has 0 saturated carbocycles. The number of hydrogen-bond donors (Lipinski definition) is 2. The molecule has 0 atom stereocenters. The topological polar surface area (TPSA) is 74.6 Å². The van der Waals surface area contributed by atoms with Crippen LogP contribution in [-0.4, -0.2) is 22.2 Å². The second-order valence-electron chi connectivity index (χ2n) is 5.80. The molecule has 6 heteroatoms. The number of hydrogen-bond acceptors (Lipinski definition) is 2. The summed E-state index contributed by atoms with van der Waals surface area (Å²) in [5.41, 5.74) is 4.75. The van der Waals surface area contributed by atoms with Crippen LogP contribution in [0.15, 0.2) is 41.0 Å². The molecule has 0 aliphatic heterocycles. The van der Waals surface area contributed by atoms with Crippen LogP contribution in [0.4, 0.5) is 0 Å². The smallest absolute Gasteiger partial charge is 1.00 e. The molecule has 0 spiro atoms. The Morgan fingerprint density at radius 1 is 0.958 bits per heavy atom. The summed E-state index contributed by atoms with van der Waals surface area (Å²) in [7, 11) is 0. The Hall–Kier alpha value is -1.10. The number of carbonyl (C=O) groups is 2. The van der Waals surface area contributed by atoms with Gasteiger partial charge in [0.25, 0.3) is 0 Å². The first-order valence-corrected chi connectivity index (χ1v) is 6.81. The van der Waals surface area contributed by atoms with Gasteiger partial charge in [0.05, 0.1) is 0 Å². The molecule has 0 amide bonds. The van der Waals surface area contributed by atoms with Gasteiger partial charge in [-0.2, -0.15) is 11.1 Å². The van der Waals surface area contributed by atoms with Gasteiger partial charge in [0, 0.05) is 11.1 Å². The fourth-order valence-electron chi connectivity index (χ4n) is 1.41. The van der Waals surface area contributed by atoms with Gasteiger partial charge in [-0.05, 0) is 13.8 Å². The van der Waals surface area contributed by atoms with E-state index in [0.29, 0.717) is 0 Å². The van der Waals surface area contributed by atoms with Crippen molar-refractivity contribution in [3.63, 3.8) is 0 Å². The molecule has 2 N–H and O–H groups in total. The van der Waals surface area contributed by atoms with Crippen molar-refractivity contribution in [2.24, 2.45) is 5.41 Å². The van der Waals surface area contributed by atoms with E-state index >= 15 is 0 Å². The molecule has 0 radical (unpaired) electrons. The summed E-state index contributed by atoms with van der Waals surface area (Å²) < 4.78 is 0. The molecule has 1 aliphatic carbocycles. The van der Waals surface area contributed by atoms with Gasteiger partial charge in [0.2, 0.25) is 0 Å². The predicted molar refractivity (Wildman–Crippen MR) is 89.5 cm³/mol. The third kappa shape index (κ3) is 12.3. The molecule has 134 valence electrons. The van der Waals surface area contributed by atoms with E-state index in [1.165, 1.54) is 30.6 Å². The Bertz CT molecular complexity index is 495. The minimum atomic E-state index is -0.935. The Balaban J connectivity index is -0.000000127. The second kappa shape index (κ2) is 13.2. The van der Waals surface area contributed by atoms with Gasteiger partial charge >= 0.3 is 33.7 Å². The van der Waals surface area contributed by atoms with Crippen LogP contribution >= 0.6 is 0 Å². The molecule has 4 nitrogen and oxygen atoms in total. The molecule has 0 saturated heterocycles. The van der Waals surface area contributed by atoms with E-state index in [2.05, 4.69) is 53.9 Å². The average Bonchev–Trinajstić information content (AvgIpc) is 2.53. The second-order valence-corrected chi connectivity index (χ2v) is 5.80. The number of allylic oxidation sites excluding steroid dienone is 4. The molecule has 0 aromatic rings. The molecule has 1 rings (SSSR count). The predicted octanol–water partition coefficient (Wildman–Crippen LogP) is 1.41. The first-order valence-electron chi connectivity index (χ1n) is 6.81. The van der Waals surface area contributed by atoms with Crippen LogP contribution in [0.2, 0.25) is 0 Å². The van der Waals surface area contributed by atoms with Crippen molar-refractivity contribution in [1.29, 1.82) is 0 Å². The van der Waals surface area contributed by atoms with Crippen LogP contribution in [0, 0.1) is 11.5 Å². The molecule has 0 aromatic heterocycles. The number of carboxylic acids is 2. The minimum absolute atomic E-state index is 0. The molecule has 0 heterocycles. The quantitative estimate of drug-likeness (QED) is 0.425. The molecule has 0 aromatic carbocycles. The monoisotopic (exact) mass is 390 g/mol. The van der Waals surface area contributed by atoms with E-state index in [-0.39, 0.29) is 50.7 Å². The van der Waals surface area contributed by atoms with Gasteiger partial charge in [0.1, 0.15) is 0 Å². The van der Waals surface area contributed by atoms with E-state index in [4.69, 9.17) is 10.2 Å². The first kappa shape index (κ1) is 30.8. The summed E-state index contributed by atoms with van der Waals surface area (Å²) in [6.45, 7) is 20.1. The van der Waals surface area contributed by atoms with Gasteiger partial charge in [0.15, 0.2) is 0 Å². The van der Waals surface area contributed by atoms with E-state index < -0.39 is 11.9 Å². The summed E-state index contributed by atoms with van der Waals surface area (Å²) in [5, 5.41) is 15.8. The van der Waals surface area contributed by atoms with Crippen LogP contribution in [0.3, 0.4) is 0 Å². The molecule has 0 fully saturated rings. The zero-order valence-corrected chi connectivity index (χ0v) is 17.8. The van der Waals surface area contributed by atoms with E-state index in [1.807, 2.05) is 0 Å². The summed E-state index contributed by atoms with van der Waals surface area (Å²) in [4.78, 5) is 19.2. The van der Waals surface area contributed by atoms with E-state index in [1.54, 1.807) is 0 Å². The van der Waals surface area contributed by atoms with Crippen molar-refractivity contribution in [1.82, 2.24) is 0 Å². The Morgan fingerprint density at radius 3 is 1.25 bits per heavy atom. The van der Waals surface area contributed by atoms with Crippen LogP contribution in [-0.2, 0) is 31.3 Å². The van der Waals surface area contributed by atoms with Crippen LogP contribution in [0.25, 0.3) is 0 Å². The molecular weight excluding hydrogens is 364 g/mol. The number of carboxylic acid groups (broad SMARTS) is 2. The van der Waals surface area contributed by atoms with Crippen molar-refractivity contribution in [3.8, 4) is 0 Å². The van der Waals surface area contributed by atoms with Gasteiger partial charge in [-0.3, -0.25) is 6.08 Å². The van der Waals surface area contributed by atoms with Crippen LogP contribution in [0.1, 0.15) is 48.5 Å². The van der Waals surface area contributed by atoms with Crippen molar-refractivity contribution in [3.05, 3.63) is 47.1 Å². The SMILES string of the molecule is C=C(C)C(=O)O.C=C(C)C(=O)O.CC1=[C-]C(C)(C)C(C)=C1C.[Cl-].[Ti+2]. The van der Waals surface area contributed by atoms with Crippen LogP contribution in [0.5, 0.6) is 0 Å². The number of aliphatic carboxylic acids is 2. The summed E-state index contributed by atoms with van der Waals surface area (Å²) in [5.74, 6) is -1.87. The average molecular weight is 391 g/mol. The number of halogens is 1. The molecule has 1 aliphatic rings. The standard InChI is InChI=1S/C10H15.2C4H6O2.ClH.Ti/c1-7-6-10(4,5)9(3)8(7)2;2*1-3(2)4(5)6;;/h1-5H3;2*1H2,2H3,(H,5,6);1H;/q-1;;;;+2/p-1. The fraction of sp³-hybridized carbons (Fsp3) is 0.444. The summed E-state index contributed by atoms with van der Waals surface area (Å²) in [6, 6.07) is 0. The zero-order valence-electron chi connectivity index (χ0n) is 15.5. The number of rotatable bonds is 2. The van der Waals surface area contributed by atoms with Crippen molar-refractivity contribution in [2.75, 3.05) is 0 Å². The maximum Gasteiger partial charge on any atom is 2.00 e. The van der Waals surface area contributed by atoms with Crippen LogP contribution < -0.4 is 12.4 Å². The van der Waals surface area contributed by atoms with Gasteiger partial charge in [-0.25, -0.2) is 15.2 Å². The molecule has 0 bridgehead atoms. The summed E-state index contributed by atoms with van der Waals surface area (Å²) in [6.07, 6.45) is 3.44. The van der Waals surface area contributed by atoms with Crippen molar-refractivity contribution >= 4 is 11.9 Å². The Kier molecular flexibility index (Phi) is 16.9. The molecule has 0 unspecified atom stereocenters. The molecular formula is C18H27ClO4Ti. The third-order valence-electron chi connectivity index (χ3n) is 3.29. The largest absolute Gasteiger partial charge is 2.00 e.